The van der Waals surface area contributed by atoms with Gasteiger partial charge in [0, 0.05) is 18.7 Å². The highest BCUT2D eigenvalue weighted by Gasteiger charge is 2.53. The Labute approximate surface area is 174 Å². The Kier molecular flexibility index (Phi) is 6.38. The summed E-state index contributed by atoms with van der Waals surface area (Å²) in [6, 6.07) is 12.8. The number of piperidine rings is 1. The molecule has 2 aromatic rings. The van der Waals surface area contributed by atoms with Crippen LogP contribution >= 0.6 is 23.2 Å². The molecule has 1 aliphatic heterocycles. The zero-order valence-electron chi connectivity index (χ0n) is 15.8. The predicted molar refractivity (Wildman–Crippen MR) is 109 cm³/mol. The van der Waals surface area contributed by atoms with Gasteiger partial charge in [-0.3, -0.25) is 4.90 Å². The minimum absolute atomic E-state index is 0.313. The Hall–Kier alpha value is -1.95. The summed E-state index contributed by atoms with van der Waals surface area (Å²) in [4.78, 5) is 13.4. The van der Waals surface area contributed by atoms with Gasteiger partial charge in [-0.1, -0.05) is 53.5 Å². The number of rotatable bonds is 5. The number of nitrogens with zero attached hydrogens (tertiary/aromatic N) is 1. The molecule has 1 heterocycles. The van der Waals surface area contributed by atoms with E-state index in [4.69, 9.17) is 32.7 Å². The van der Waals surface area contributed by atoms with Crippen molar-refractivity contribution in [3.8, 4) is 5.75 Å². The van der Waals surface area contributed by atoms with Crippen LogP contribution in [0.1, 0.15) is 30.9 Å². The maximum absolute atomic E-state index is 12.1. The first-order valence-electron chi connectivity index (χ1n) is 9.22. The average molecular weight is 424 g/mol. The first-order valence-corrected chi connectivity index (χ1v) is 9.98. The first kappa shape index (κ1) is 20.8. The molecule has 1 aliphatic rings. The molecule has 0 radical (unpaired) electrons. The maximum atomic E-state index is 12.1. The van der Waals surface area contributed by atoms with Crippen LogP contribution in [0.3, 0.4) is 0 Å². The van der Waals surface area contributed by atoms with Gasteiger partial charge in [0.2, 0.25) is 5.72 Å². The van der Waals surface area contributed by atoms with Crippen LogP contribution in [0.4, 0.5) is 4.79 Å². The number of aryl methyl sites for hydroxylation is 1. The number of hydrogen-bond acceptors (Lipinski definition) is 3. The Morgan fingerprint density at radius 2 is 1.89 bits per heavy atom. The summed E-state index contributed by atoms with van der Waals surface area (Å²) in [5, 5.41) is 10.7. The Morgan fingerprint density at radius 3 is 2.46 bits per heavy atom. The lowest BCUT2D eigenvalue weighted by Crippen LogP contribution is -2.62. The van der Waals surface area contributed by atoms with Crippen molar-refractivity contribution < 1.29 is 19.4 Å². The van der Waals surface area contributed by atoms with Crippen LogP contribution in [-0.2, 0) is 10.5 Å². The molecule has 7 heteroatoms. The summed E-state index contributed by atoms with van der Waals surface area (Å²) in [5.41, 5.74) is 0.332. The highest BCUT2D eigenvalue weighted by atomic mass is 35.5. The van der Waals surface area contributed by atoms with Crippen LogP contribution in [-0.4, -0.2) is 35.4 Å². The van der Waals surface area contributed by atoms with Gasteiger partial charge in [-0.15, -0.1) is 0 Å². The fourth-order valence-electron chi connectivity index (χ4n) is 3.78. The van der Waals surface area contributed by atoms with E-state index in [0.29, 0.717) is 47.4 Å². The van der Waals surface area contributed by atoms with Crippen LogP contribution in [0.5, 0.6) is 5.75 Å². The summed E-state index contributed by atoms with van der Waals surface area (Å²) < 4.78 is 12.4. The topological polar surface area (TPSA) is 59.0 Å². The fourth-order valence-corrected chi connectivity index (χ4v) is 4.47. The Bertz CT molecular complexity index is 823. The van der Waals surface area contributed by atoms with Crippen LogP contribution in [0.25, 0.3) is 0 Å². The van der Waals surface area contributed by atoms with Gasteiger partial charge in [-0.2, -0.15) is 0 Å². The molecule has 1 saturated heterocycles. The van der Waals surface area contributed by atoms with E-state index in [0.717, 1.165) is 5.56 Å². The smallest absolute Gasteiger partial charge is 0.409 e. The van der Waals surface area contributed by atoms with Crippen molar-refractivity contribution in [1.82, 2.24) is 4.90 Å². The lowest BCUT2D eigenvalue weighted by atomic mass is 9.88. The van der Waals surface area contributed by atoms with E-state index >= 15 is 0 Å². The number of likely N-dealkylation sites (tertiary alicyclic amines) is 1. The summed E-state index contributed by atoms with van der Waals surface area (Å²) in [7, 11) is 0. The molecule has 0 spiro atoms. The zero-order valence-corrected chi connectivity index (χ0v) is 17.3. The van der Waals surface area contributed by atoms with Gasteiger partial charge >= 0.3 is 6.09 Å². The summed E-state index contributed by atoms with van der Waals surface area (Å²) in [6.45, 7) is 4.39. The van der Waals surface area contributed by atoms with E-state index in [9.17, 15) is 9.90 Å². The van der Waals surface area contributed by atoms with Crippen molar-refractivity contribution in [1.29, 1.82) is 0 Å². The third-order valence-corrected chi connectivity index (χ3v) is 5.43. The number of halogens is 2. The van der Waals surface area contributed by atoms with Crippen molar-refractivity contribution >= 4 is 29.3 Å². The van der Waals surface area contributed by atoms with E-state index < -0.39 is 17.9 Å². The lowest BCUT2D eigenvalue weighted by Gasteiger charge is -2.49. The molecular weight excluding hydrogens is 401 g/mol. The fraction of sp³-hybridized carbons (Fsp3) is 0.381. The van der Waals surface area contributed by atoms with Gasteiger partial charge in [-0.25, -0.2) is 4.79 Å². The summed E-state index contributed by atoms with van der Waals surface area (Å²) in [5.74, 6) is 0.339. The van der Waals surface area contributed by atoms with Gasteiger partial charge in [0.15, 0.2) is 11.9 Å². The molecule has 1 fully saturated rings. The van der Waals surface area contributed by atoms with Crippen LogP contribution in [0, 0.1) is 6.92 Å². The third kappa shape index (κ3) is 3.79. The molecule has 2 atom stereocenters. The molecule has 150 valence electrons. The lowest BCUT2D eigenvalue weighted by molar-refractivity contribution is -0.215. The van der Waals surface area contributed by atoms with E-state index in [2.05, 4.69) is 0 Å². The molecule has 2 unspecified atom stereocenters. The highest BCUT2D eigenvalue weighted by molar-refractivity contribution is 6.37. The monoisotopic (exact) mass is 423 g/mol. The van der Waals surface area contributed by atoms with Crippen molar-refractivity contribution in [2.75, 3.05) is 13.2 Å². The van der Waals surface area contributed by atoms with Gasteiger partial charge in [0.25, 0.3) is 0 Å². The number of ether oxygens (including phenoxy) is 2. The summed E-state index contributed by atoms with van der Waals surface area (Å²) >= 11 is 12.8. The number of hydrogen-bond donors (Lipinski definition) is 1. The van der Waals surface area contributed by atoms with Crippen molar-refractivity contribution in [2.24, 2.45) is 0 Å². The predicted octanol–water partition coefficient (Wildman–Crippen LogP) is 5.71. The maximum Gasteiger partial charge on any atom is 0.409 e. The highest BCUT2D eigenvalue weighted by Crippen LogP contribution is 2.44. The normalized spacial score (nSPS) is 22.1. The van der Waals surface area contributed by atoms with Crippen molar-refractivity contribution in [3.63, 3.8) is 0 Å². The molecule has 0 aromatic heterocycles. The van der Waals surface area contributed by atoms with Crippen molar-refractivity contribution in [2.45, 2.75) is 38.5 Å². The van der Waals surface area contributed by atoms with Gasteiger partial charge in [0.1, 0.15) is 0 Å². The third-order valence-electron chi connectivity index (χ3n) is 4.87. The van der Waals surface area contributed by atoms with Crippen LogP contribution in [0.2, 0.25) is 10.0 Å². The van der Waals surface area contributed by atoms with Gasteiger partial charge in [0.05, 0.1) is 10.0 Å². The zero-order chi connectivity index (χ0) is 20.3. The Balaban J connectivity index is 2.13. The standard InChI is InChI=1S/C21H23Cl2NO4/c1-3-27-21(15-8-5-4-6-9-15)18(10-7-11-24(21)20(25)26)28-19-16(22)12-14(2)13-17(19)23/h4-6,8-9,12-13,18H,3,7,10-11H2,1-2H3,(H,25,26). The second-order valence-corrected chi connectivity index (χ2v) is 7.55. The second kappa shape index (κ2) is 8.60. The largest absolute Gasteiger partial charge is 0.482 e. The second-order valence-electron chi connectivity index (χ2n) is 6.74. The van der Waals surface area contributed by atoms with E-state index in [1.54, 1.807) is 12.1 Å². The minimum Gasteiger partial charge on any atom is -0.482 e. The van der Waals surface area contributed by atoms with Gasteiger partial charge < -0.3 is 14.6 Å². The number of carbonyl (C=O) groups is 1. The minimum atomic E-state index is -1.29. The first-order chi connectivity index (χ1) is 13.4. The molecule has 0 aliphatic carbocycles. The SMILES string of the molecule is CCOC1(c2ccccc2)C(Oc2c(Cl)cc(C)cc2Cl)CCCN1C(=O)O. The van der Waals surface area contributed by atoms with Crippen LogP contribution < -0.4 is 4.74 Å². The molecular formula is C21H23Cl2NO4. The molecule has 1 amide bonds. The Morgan fingerprint density at radius 1 is 1.25 bits per heavy atom. The van der Waals surface area contributed by atoms with Crippen molar-refractivity contribution in [3.05, 3.63) is 63.6 Å². The number of benzene rings is 2. The average Bonchev–Trinajstić information content (AvgIpc) is 2.66. The number of carboxylic acid groups (broad SMARTS) is 1. The molecule has 3 rings (SSSR count). The summed E-state index contributed by atoms with van der Waals surface area (Å²) in [6.07, 6.45) is -0.442. The molecule has 0 saturated carbocycles. The van der Waals surface area contributed by atoms with Crippen LogP contribution in [0.15, 0.2) is 42.5 Å². The van der Waals surface area contributed by atoms with E-state index in [1.807, 2.05) is 44.2 Å². The molecule has 28 heavy (non-hydrogen) atoms. The molecule has 2 aromatic carbocycles. The molecule has 5 nitrogen and oxygen atoms in total. The molecule has 0 bridgehead atoms. The van der Waals surface area contributed by atoms with Gasteiger partial charge in [-0.05, 0) is 44.4 Å². The quantitative estimate of drug-likeness (QED) is 0.668. The van der Waals surface area contributed by atoms with E-state index in [-0.39, 0.29) is 0 Å². The van der Waals surface area contributed by atoms with E-state index in [1.165, 1.54) is 4.90 Å². The number of amides is 1. The molecule has 1 N–H and O–H groups in total.